The van der Waals surface area contributed by atoms with Crippen molar-refractivity contribution >= 4 is 34.4 Å². The van der Waals surface area contributed by atoms with Gasteiger partial charge in [0.2, 0.25) is 0 Å². The van der Waals surface area contributed by atoms with Crippen molar-refractivity contribution in [1.82, 2.24) is 4.90 Å². The van der Waals surface area contributed by atoms with Crippen molar-refractivity contribution in [2.24, 2.45) is 0 Å². The van der Waals surface area contributed by atoms with Gasteiger partial charge in [-0.15, -0.1) is 0 Å². The van der Waals surface area contributed by atoms with E-state index in [1.807, 2.05) is 37.2 Å². The van der Waals surface area contributed by atoms with Gasteiger partial charge < -0.3 is 14.5 Å². The molecule has 0 aliphatic rings. The van der Waals surface area contributed by atoms with Crippen LogP contribution in [0.2, 0.25) is 0 Å². The van der Waals surface area contributed by atoms with Crippen LogP contribution in [-0.4, -0.2) is 39.2 Å². The Morgan fingerprint density at radius 3 is 2.38 bits per heavy atom. The Morgan fingerprint density at radius 2 is 1.88 bits per heavy atom. The Hall–Kier alpha value is -0.980. The van der Waals surface area contributed by atoms with E-state index in [1.54, 1.807) is 14.1 Å². The Kier molecular flexibility index (Phi) is 4.40. The molecular weight excluding hydrogens is 319 g/mol. The predicted octanol–water partition coefficient (Wildman–Crippen LogP) is 2.42. The van der Waals surface area contributed by atoms with Crippen LogP contribution in [0.4, 0.5) is 10.5 Å². The Bertz CT molecular complexity index is 392. The van der Waals surface area contributed by atoms with Gasteiger partial charge in [0.1, 0.15) is 5.75 Å². The van der Waals surface area contributed by atoms with Crippen molar-refractivity contribution < 1.29 is 9.53 Å². The second-order valence-electron chi connectivity index (χ2n) is 3.77. The van der Waals surface area contributed by atoms with Crippen LogP contribution < -0.4 is 9.64 Å². The molecule has 5 heteroatoms. The molecule has 1 aromatic carbocycles. The van der Waals surface area contributed by atoms with Crippen LogP contribution >= 0.6 is 22.6 Å². The Balaban J connectivity index is 2.94. The molecular formula is C11H15IN2O2. The van der Waals surface area contributed by atoms with E-state index < -0.39 is 0 Å². The third-order valence-electron chi connectivity index (χ3n) is 1.99. The number of hydrogen-bond donors (Lipinski definition) is 0. The third-order valence-corrected chi connectivity index (χ3v) is 2.88. The first kappa shape index (κ1) is 13.1. The van der Waals surface area contributed by atoms with E-state index in [0.717, 1.165) is 9.26 Å². The van der Waals surface area contributed by atoms with E-state index >= 15 is 0 Å². The monoisotopic (exact) mass is 334 g/mol. The standard InChI is InChI=1S/C11H15IN2O2/c1-13(2)8-5-6-9(12)10(7-8)16-11(15)14(3)4/h5-7H,1-4H3. The largest absolute Gasteiger partial charge is 0.414 e. The maximum absolute atomic E-state index is 11.4. The zero-order valence-electron chi connectivity index (χ0n) is 9.82. The number of carbonyl (C=O) groups excluding carboxylic acids is 1. The maximum atomic E-state index is 11.4. The summed E-state index contributed by atoms with van der Waals surface area (Å²) >= 11 is 2.14. The summed E-state index contributed by atoms with van der Waals surface area (Å²) in [5, 5.41) is 0. The number of ether oxygens (including phenoxy) is 1. The number of anilines is 1. The summed E-state index contributed by atoms with van der Waals surface area (Å²) in [7, 11) is 7.20. The molecule has 0 saturated heterocycles. The van der Waals surface area contributed by atoms with E-state index in [1.165, 1.54) is 4.90 Å². The van der Waals surface area contributed by atoms with Crippen molar-refractivity contribution in [1.29, 1.82) is 0 Å². The van der Waals surface area contributed by atoms with Crippen molar-refractivity contribution in [3.63, 3.8) is 0 Å². The van der Waals surface area contributed by atoms with Crippen LogP contribution in [0.15, 0.2) is 18.2 Å². The van der Waals surface area contributed by atoms with Crippen molar-refractivity contribution in [3.8, 4) is 5.75 Å². The predicted molar refractivity (Wildman–Crippen MR) is 73.2 cm³/mol. The molecule has 0 heterocycles. The van der Waals surface area contributed by atoms with E-state index in [-0.39, 0.29) is 6.09 Å². The van der Waals surface area contributed by atoms with Gasteiger partial charge in [0.25, 0.3) is 0 Å². The first-order chi connectivity index (χ1) is 7.41. The Morgan fingerprint density at radius 1 is 1.25 bits per heavy atom. The van der Waals surface area contributed by atoms with E-state index in [0.29, 0.717) is 5.75 Å². The lowest BCUT2D eigenvalue weighted by molar-refractivity contribution is 0.171. The van der Waals surface area contributed by atoms with E-state index in [4.69, 9.17) is 4.74 Å². The van der Waals surface area contributed by atoms with Gasteiger partial charge in [-0.2, -0.15) is 0 Å². The molecule has 0 fully saturated rings. The van der Waals surface area contributed by atoms with Gasteiger partial charge in [-0.05, 0) is 34.7 Å². The summed E-state index contributed by atoms with van der Waals surface area (Å²) < 4.78 is 6.17. The minimum absolute atomic E-state index is 0.367. The summed E-state index contributed by atoms with van der Waals surface area (Å²) in [5.41, 5.74) is 1.00. The average molecular weight is 334 g/mol. The van der Waals surface area contributed by atoms with Crippen LogP contribution in [-0.2, 0) is 0 Å². The highest BCUT2D eigenvalue weighted by Gasteiger charge is 2.10. The number of amides is 1. The highest BCUT2D eigenvalue weighted by atomic mass is 127. The number of benzene rings is 1. The molecule has 0 N–H and O–H groups in total. The second-order valence-corrected chi connectivity index (χ2v) is 4.93. The molecule has 88 valence electrons. The van der Waals surface area contributed by atoms with Gasteiger partial charge in [-0.1, -0.05) is 0 Å². The van der Waals surface area contributed by atoms with Crippen LogP contribution in [0.5, 0.6) is 5.75 Å². The summed E-state index contributed by atoms with van der Waals surface area (Å²) in [6.07, 6.45) is -0.367. The molecule has 1 aromatic rings. The van der Waals surface area contributed by atoms with Gasteiger partial charge in [0.05, 0.1) is 3.57 Å². The van der Waals surface area contributed by atoms with Crippen LogP contribution in [0.1, 0.15) is 0 Å². The maximum Gasteiger partial charge on any atom is 0.414 e. The molecule has 0 aliphatic carbocycles. The second kappa shape index (κ2) is 5.38. The lowest BCUT2D eigenvalue weighted by atomic mass is 10.3. The lowest BCUT2D eigenvalue weighted by Crippen LogP contribution is -2.25. The fourth-order valence-electron chi connectivity index (χ4n) is 1.03. The summed E-state index contributed by atoms with van der Waals surface area (Å²) in [5.74, 6) is 0.588. The molecule has 1 rings (SSSR count). The highest BCUT2D eigenvalue weighted by Crippen LogP contribution is 2.26. The minimum atomic E-state index is -0.367. The van der Waals surface area contributed by atoms with E-state index in [2.05, 4.69) is 22.6 Å². The third kappa shape index (κ3) is 3.26. The number of carbonyl (C=O) groups is 1. The van der Waals surface area contributed by atoms with Gasteiger partial charge in [-0.3, -0.25) is 0 Å². The van der Waals surface area contributed by atoms with E-state index in [9.17, 15) is 4.79 Å². The molecule has 0 saturated carbocycles. The summed E-state index contributed by atoms with van der Waals surface area (Å²) in [6, 6.07) is 5.76. The quantitative estimate of drug-likeness (QED) is 0.779. The van der Waals surface area contributed by atoms with Crippen LogP contribution in [0.3, 0.4) is 0 Å². The molecule has 16 heavy (non-hydrogen) atoms. The minimum Gasteiger partial charge on any atom is -0.409 e. The number of hydrogen-bond acceptors (Lipinski definition) is 3. The normalized spacial score (nSPS) is 9.81. The molecule has 0 unspecified atom stereocenters. The topological polar surface area (TPSA) is 32.8 Å². The first-order valence-corrected chi connectivity index (χ1v) is 5.85. The summed E-state index contributed by atoms with van der Waals surface area (Å²) in [6.45, 7) is 0. The van der Waals surface area contributed by atoms with Gasteiger partial charge in [0, 0.05) is 39.9 Å². The Labute approximate surface area is 109 Å². The fourth-order valence-corrected chi connectivity index (χ4v) is 1.48. The lowest BCUT2D eigenvalue weighted by Gasteiger charge is -2.16. The molecule has 0 radical (unpaired) electrons. The molecule has 0 aliphatic heterocycles. The first-order valence-electron chi connectivity index (χ1n) is 4.78. The van der Waals surface area contributed by atoms with Crippen LogP contribution in [0, 0.1) is 3.57 Å². The SMILES string of the molecule is CN(C)C(=O)Oc1cc(N(C)C)ccc1I. The van der Waals surface area contributed by atoms with Gasteiger partial charge in [0.15, 0.2) is 0 Å². The molecule has 0 atom stereocenters. The number of nitrogens with zero attached hydrogens (tertiary/aromatic N) is 2. The average Bonchev–Trinajstić information content (AvgIpc) is 2.20. The van der Waals surface area contributed by atoms with Gasteiger partial charge in [-0.25, -0.2) is 4.79 Å². The molecule has 0 bridgehead atoms. The van der Waals surface area contributed by atoms with Crippen molar-refractivity contribution in [2.45, 2.75) is 0 Å². The molecule has 1 amide bonds. The van der Waals surface area contributed by atoms with Crippen LogP contribution in [0.25, 0.3) is 0 Å². The molecule has 0 spiro atoms. The van der Waals surface area contributed by atoms with Crippen molar-refractivity contribution in [2.75, 3.05) is 33.1 Å². The van der Waals surface area contributed by atoms with Crippen molar-refractivity contribution in [3.05, 3.63) is 21.8 Å². The molecule has 0 aromatic heterocycles. The fraction of sp³-hybridized carbons (Fsp3) is 0.364. The highest BCUT2D eigenvalue weighted by molar-refractivity contribution is 14.1. The number of halogens is 1. The van der Waals surface area contributed by atoms with Gasteiger partial charge >= 0.3 is 6.09 Å². The number of rotatable bonds is 2. The molecule has 4 nitrogen and oxygen atoms in total. The zero-order chi connectivity index (χ0) is 12.3. The summed E-state index contributed by atoms with van der Waals surface area (Å²) in [4.78, 5) is 14.8. The smallest absolute Gasteiger partial charge is 0.409 e. The zero-order valence-corrected chi connectivity index (χ0v) is 12.0.